The maximum absolute atomic E-state index is 8.79. The third-order valence-electron chi connectivity index (χ3n) is 5.41. The number of nitriles is 1. The van der Waals surface area contributed by atoms with Gasteiger partial charge in [0, 0.05) is 6.07 Å². The topological polar surface area (TPSA) is 103 Å². The molecule has 1 aliphatic rings. The molecule has 154 valence electrons. The van der Waals surface area contributed by atoms with Crippen molar-refractivity contribution in [3.63, 3.8) is 0 Å². The quantitative estimate of drug-likeness (QED) is 0.621. The summed E-state index contributed by atoms with van der Waals surface area (Å²) < 4.78 is 6.01. The number of anilines is 2. The van der Waals surface area contributed by atoms with Gasteiger partial charge in [-0.15, -0.1) is 0 Å². The van der Waals surface area contributed by atoms with Crippen molar-refractivity contribution in [1.29, 1.82) is 5.26 Å². The molecule has 3 heterocycles. The minimum absolute atomic E-state index is 0.275. The summed E-state index contributed by atoms with van der Waals surface area (Å²) in [6.07, 6.45) is 5.34. The maximum atomic E-state index is 8.79. The van der Waals surface area contributed by atoms with E-state index in [1.54, 1.807) is 0 Å². The summed E-state index contributed by atoms with van der Waals surface area (Å²) in [5, 5.41) is 19.1. The van der Waals surface area contributed by atoms with Crippen molar-refractivity contribution < 1.29 is 4.74 Å². The van der Waals surface area contributed by atoms with E-state index >= 15 is 0 Å². The average molecular weight is 403 g/mol. The zero-order valence-electron chi connectivity index (χ0n) is 17.0. The Morgan fingerprint density at radius 3 is 2.63 bits per heavy atom. The summed E-state index contributed by atoms with van der Waals surface area (Å²) in [5.74, 6) is 2.68. The molecular formula is C22H25N7O. The van der Waals surface area contributed by atoms with Gasteiger partial charge in [-0.05, 0) is 68.2 Å². The molecule has 2 N–H and O–H groups in total. The fraction of sp³-hybridized carbons (Fsp3) is 0.364. The second kappa shape index (κ2) is 9.37. The SMILES string of the molecule is CCN1CCC(COc2ccc(-c3cc(Nc4cnc(C#N)cn4)n[nH]3)cc2)CC1. The molecule has 8 heteroatoms. The van der Waals surface area contributed by atoms with Crippen LogP contribution in [0.4, 0.5) is 11.6 Å². The minimum atomic E-state index is 0.275. The van der Waals surface area contributed by atoms with Crippen molar-refractivity contribution in [2.24, 2.45) is 5.92 Å². The molecule has 1 aromatic carbocycles. The van der Waals surface area contributed by atoms with Gasteiger partial charge >= 0.3 is 0 Å². The lowest BCUT2D eigenvalue weighted by Gasteiger charge is -2.30. The molecule has 1 aliphatic heterocycles. The van der Waals surface area contributed by atoms with Crippen LogP contribution in [-0.4, -0.2) is 51.3 Å². The number of H-pyrrole nitrogens is 1. The summed E-state index contributed by atoms with van der Waals surface area (Å²) in [7, 11) is 0. The van der Waals surface area contributed by atoms with Crippen LogP contribution >= 0.6 is 0 Å². The van der Waals surface area contributed by atoms with Gasteiger partial charge in [-0.2, -0.15) is 10.4 Å². The van der Waals surface area contributed by atoms with Crippen LogP contribution in [0.15, 0.2) is 42.7 Å². The Morgan fingerprint density at radius 2 is 1.97 bits per heavy atom. The first kappa shape index (κ1) is 19.9. The molecule has 0 bridgehead atoms. The number of rotatable bonds is 7. The van der Waals surface area contributed by atoms with Gasteiger partial charge < -0.3 is 15.0 Å². The fourth-order valence-electron chi connectivity index (χ4n) is 3.53. The number of piperidine rings is 1. The Kier molecular flexibility index (Phi) is 6.20. The molecule has 1 saturated heterocycles. The highest BCUT2D eigenvalue weighted by Crippen LogP contribution is 2.25. The van der Waals surface area contributed by atoms with E-state index < -0.39 is 0 Å². The van der Waals surface area contributed by atoms with E-state index in [0.29, 0.717) is 17.6 Å². The number of aromatic amines is 1. The first-order valence-electron chi connectivity index (χ1n) is 10.2. The standard InChI is InChI=1S/C22H25N7O/c1-2-29-9-7-16(8-10-29)15-30-19-5-3-17(4-6-19)20-11-21(28-27-20)26-22-14-24-18(12-23)13-25-22/h3-6,11,13-14,16H,2,7-10,15H2,1H3,(H2,25,26,27,28). The lowest BCUT2D eigenvalue weighted by molar-refractivity contribution is 0.146. The van der Waals surface area contributed by atoms with Gasteiger partial charge in [-0.25, -0.2) is 9.97 Å². The van der Waals surface area contributed by atoms with E-state index in [1.807, 2.05) is 36.4 Å². The van der Waals surface area contributed by atoms with Crippen LogP contribution in [0.25, 0.3) is 11.3 Å². The predicted octanol–water partition coefficient (Wildman–Crippen LogP) is 3.59. The molecule has 0 unspecified atom stereocenters. The number of nitrogens with one attached hydrogen (secondary N) is 2. The van der Waals surface area contributed by atoms with E-state index in [2.05, 4.69) is 37.3 Å². The molecule has 0 atom stereocenters. The third kappa shape index (κ3) is 4.93. The van der Waals surface area contributed by atoms with Gasteiger partial charge in [-0.3, -0.25) is 5.10 Å². The maximum Gasteiger partial charge on any atom is 0.158 e. The summed E-state index contributed by atoms with van der Waals surface area (Å²) >= 11 is 0. The van der Waals surface area contributed by atoms with Crippen LogP contribution in [0.5, 0.6) is 5.75 Å². The zero-order valence-corrected chi connectivity index (χ0v) is 17.0. The van der Waals surface area contributed by atoms with Crippen LogP contribution in [0.3, 0.4) is 0 Å². The van der Waals surface area contributed by atoms with E-state index in [4.69, 9.17) is 10.00 Å². The number of ether oxygens (including phenoxy) is 1. The Hall–Kier alpha value is -3.44. The Morgan fingerprint density at radius 1 is 1.17 bits per heavy atom. The zero-order chi connectivity index (χ0) is 20.8. The van der Waals surface area contributed by atoms with E-state index in [0.717, 1.165) is 30.2 Å². The molecule has 3 aromatic rings. The van der Waals surface area contributed by atoms with Gasteiger partial charge in [0.25, 0.3) is 0 Å². The number of hydrogen-bond donors (Lipinski definition) is 2. The van der Waals surface area contributed by atoms with E-state index in [-0.39, 0.29) is 5.69 Å². The average Bonchev–Trinajstić information content (AvgIpc) is 3.27. The normalized spacial score (nSPS) is 14.9. The summed E-state index contributed by atoms with van der Waals surface area (Å²) in [6.45, 7) is 6.49. The molecule has 30 heavy (non-hydrogen) atoms. The molecule has 0 aliphatic carbocycles. The van der Waals surface area contributed by atoms with Gasteiger partial charge in [0.15, 0.2) is 11.5 Å². The van der Waals surface area contributed by atoms with Gasteiger partial charge in [0.2, 0.25) is 0 Å². The highest BCUT2D eigenvalue weighted by molar-refractivity contribution is 5.65. The monoisotopic (exact) mass is 403 g/mol. The minimum Gasteiger partial charge on any atom is -0.493 e. The first-order chi connectivity index (χ1) is 14.7. The number of aromatic nitrogens is 4. The molecule has 4 rings (SSSR count). The van der Waals surface area contributed by atoms with Gasteiger partial charge in [0.05, 0.1) is 24.7 Å². The largest absolute Gasteiger partial charge is 0.493 e. The number of likely N-dealkylation sites (tertiary alicyclic amines) is 1. The Bertz CT molecular complexity index is 984. The van der Waals surface area contributed by atoms with Crippen LogP contribution in [0.2, 0.25) is 0 Å². The highest BCUT2D eigenvalue weighted by atomic mass is 16.5. The first-order valence-corrected chi connectivity index (χ1v) is 10.2. The summed E-state index contributed by atoms with van der Waals surface area (Å²) in [6, 6.07) is 11.9. The Balaban J connectivity index is 1.31. The van der Waals surface area contributed by atoms with Crippen LogP contribution in [-0.2, 0) is 0 Å². The third-order valence-corrected chi connectivity index (χ3v) is 5.41. The lowest BCUT2D eigenvalue weighted by atomic mass is 9.98. The second-order valence-corrected chi connectivity index (χ2v) is 7.40. The molecule has 2 aromatic heterocycles. The molecule has 0 saturated carbocycles. The number of hydrogen-bond acceptors (Lipinski definition) is 7. The van der Waals surface area contributed by atoms with E-state index in [9.17, 15) is 0 Å². The van der Waals surface area contributed by atoms with Crippen molar-refractivity contribution in [2.75, 3.05) is 31.6 Å². The van der Waals surface area contributed by atoms with Crippen LogP contribution in [0.1, 0.15) is 25.5 Å². The van der Waals surface area contributed by atoms with Crippen molar-refractivity contribution in [1.82, 2.24) is 25.1 Å². The van der Waals surface area contributed by atoms with E-state index in [1.165, 1.54) is 38.3 Å². The molecule has 0 amide bonds. The molecule has 0 radical (unpaired) electrons. The predicted molar refractivity (Wildman–Crippen MR) is 114 cm³/mol. The second-order valence-electron chi connectivity index (χ2n) is 7.40. The summed E-state index contributed by atoms with van der Waals surface area (Å²) in [4.78, 5) is 10.6. The van der Waals surface area contributed by atoms with Crippen molar-refractivity contribution in [2.45, 2.75) is 19.8 Å². The fourth-order valence-corrected chi connectivity index (χ4v) is 3.53. The van der Waals surface area contributed by atoms with Crippen LogP contribution < -0.4 is 10.1 Å². The number of nitrogens with zero attached hydrogens (tertiary/aromatic N) is 5. The van der Waals surface area contributed by atoms with Crippen molar-refractivity contribution in [3.8, 4) is 23.1 Å². The number of benzene rings is 1. The highest BCUT2D eigenvalue weighted by Gasteiger charge is 2.18. The smallest absolute Gasteiger partial charge is 0.158 e. The Labute approximate surface area is 175 Å². The van der Waals surface area contributed by atoms with Crippen molar-refractivity contribution in [3.05, 3.63) is 48.4 Å². The molecular weight excluding hydrogens is 378 g/mol. The van der Waals surface area contributed by atoms with Gasteiger partial charge in [0.1, 0.15) is 17.6 Å². The van der Waals surface area contributed by atoms with Crippen LogP contribution in [0, 0.1) is 17.2 Å². The lowest BCUT2D eigenvalue weighted by Crippen LogP contribution is -2.35. The molecule has 0 spiro atoms. The van der Waals surface area contributed by atoms with Crippen molar-refractivity contribution >= 4 is 11.6 Å². The van der Waals surface area contributed by atoms with Gasteiger partial charge in [-0.1, -0.05) is 6.92 Å². The molecule has 1 fully saturated rings. The summed E-state index contributed by atoms with van der Waals surface area (Å²) in [5.41, 5.74) is 2.18. The molecule has 8 nitrogen and oxygen atoms in total.